The van der Waals surface area contributed by atoms with E-state index in [1.165, 1.54) is 0 Å². The van der Waals surface area contributed by atoms with Gasteiger partial charge in [0, 0.05) is 46.4 Å². The van der Waals surface area contributed by atoms with Crippen molar-refractivity contribution in [1.82, 2.24) is 15.5 Å². The molecule has 0 saturated carbocycles. The summed E-state index contributed by atoms with van der Waals surface area (Å²) in [5, 5.41) is 6.63. The van der Waals surface area contributed by atoms with Crippen LogP contribution in [-0.2, 0) is 9.47 Å². The molecule has 0 bridgehead atoms. The predicted molar refractivity (Wildman–Crippen MR) is 97.7 cm³/mol. The SMILES string of the molecule is CN=C(NCCCOC(C)C)NCCN1CCOCC1.I. The molecule has 126 valence electrons. The van der Waals surface area contributed by atoms with E-state index in [0.717, 1.165) is 64.9 Å². The Labute approximate surface area is 146 Å². The summed E-state index contributed by atoms with van der Waals surface area (Å²) < 4.78 is 10.8. The molecule has 0 unspecified atom stereocenters. The maximum atomic E-state index is 5.50. The van der Waals surface area contributed by atoms with Crippen molar-refractivity contribution in [2.24, 2.45) is 4.99 Å². The van der Waals surface area contributed by atoms with Crippen molar-refractivity contribution in [3.63, 3.8) is 0 Å². The normalized spacial score (nSPS) is 16.7. The Morgan fingerprint density at radius 2 is 1.90 bits per heavy atom. The zero-order chi connectivity index (χ0) is 14.6. The third kappa shape index (κ3) is 11.1. The van der Waals surface area contributed by atoms with Crippen molar-refractivity contribution >= 4 is 29.9 Å². The van der Waals surface area contributed by atoms with E-state index in [1.807, 2.05) is 0 Å². The largest absolute Gasteiger partial charge is 0.379 e. The van der Waals surface area contributed by atoms with E-state index in [2.05, 4.69) is 34.4 Å². The van der Waals surface area contributed by atoms with Gasteiger partial charge in [-0.15, -0.1) is 24.0 Å². The summed E-state index contributed by atoms with van der Waals surface area (Å²) in [7, 11) is 1.80. The number of guanidine groups is 1. The number of ether oxygens (including phenoxy) is 2. The van der Waals surface area contributed by atoms with E-state index < -0.39 is 0 Å². The summed E-state index contributed by atoms with van der Waals surface area (Å²) in [6.45, 7) is 11.5. The molecule has 0 aromatic rings. The van der Waals surface area contributed by atoms with Crippen LogP contribution < -0.4 is 10.6 Å². The predicted octanol–water partition coefficient (Wildman–Crippen LogP) is 0.917. The minimum Gasteiger partial charge on any atom is -0.379 e. The molecular formula is C14H31IN4O2. The van der Waals surface area contributed by atoms with Gasteiger partial charge in [0.2, 0.25) is 0 Å². The van der Waals surface area contributed by atoms with Crippen LogP contribution in [0.25, 0.3) is 0 Å². The third-order valence-corrected chi connectivity index (χ3v) is 3.11. The molecule has 6 nitrogen and oxygen atoms in total. The van der Waals surface area contributed by atoms with Crippen molar-refractivity contribution < 1.29 is 9.47 Å². The van der Waals surface area contributed by atoms with Crippen molar-refractivity contribution in [3.05, 3.63) is 0 Å². The highest BCUT2D eigenvalue weighted by Gasteiger charge is 2.09. The topological polar surface area (TPSA) is 58.1 Å². The lowest BCUT2D eigenvalue weighted by Gasteiger charge is -2.26. The minimum atomic E-state index is 0. The van der Waals surface area contributed by atoms with Crippen LogP contribution in [0.5, 0.6) is 0 Å². The lowest BCUT2D eigenvalue weighted by Crippen LogP contribution is -2.44. The molecule has 1 aliphatic heterocycles. The number of nitrogens with one attached hydrogen (secondary N) is 2. The Kier molecular flexibility index (Phi) is 13.5. The van der Waals surface area contributed by atoms with Gasteiger partial charge in [-0.05, 0) is 20.3 Å². The molecule has 1 rings (SSSR count). The summed E-state index contributed by atoms with van der Waals surface area (Å²) >= 11 is 0. The van der Waals surface area contributed by atoms with Crippen LogP contribution in [-0.4, -0.2) is 76.6 Å². The molecule has 1 fully saturated rings. The number of rotatable bonds is 8. The molecular weight excluding hydrogens is 383 g/mol. The molecule has 0 aromatic carbocycles. The lowest BCUT2D eigenvalue weighted by molar-refractivity contribution is 0.0389. The first kappa shape index (κ1) is 20.9. The number of morpholine rings is 1. The zero-order valence-corrected chi connectivity index (χ0v) is 15.9. The Morgan fingerprint density at radius 1 is 1.24 bits per heavy atom. The van der Waals surface area contributed by atoms with Gasteiger partial charge in [-0.1, -0.05) is 0 Å². The zero-order valence-electron chi connectivity index (χ0n) is 13.6. The fraction of sp³-hybridized carbons (Fsp3) is 0.929. The van der Waals surface area contributed by atoms with E-state index in [-0.39, 0.29) is 24.0 Å². The quantitative estimate of drug-likeness (QED) is 0.268. The lowest BCUT2D eigenvalue weighted by atomic mass is 10.4. The van der Waals surface area contributed by atoms with Crippen molar-refractivity contribution in [2.75, 3.05) is 59.6 Å². The maximum Gasteiger partial charge on any atom is 0.191 e. The van der Waals surface area contributed by atoms with Gasteiger partial charge in [0.1, 0.15) is 0 Å². The molecule has 0 spiro atoms. The van der Waals surface area contributed by atoms with Gasteiger partial charge < -0.3 is 20.1 Å². The molecule has 0 radical (unpaired) electrons. The molecule has 0 amide bonds. The molecule has 7 heteroatoms. The van der Waals surface area contributed by atoms with Crippen LogP contribution in [0.15, 0.2) is 4.99 Å². The number of halogens is 1. The highest BCUT2D eigenvalue weighted by atomic mass is 127. The van der Waals surface area contributed by atoms with E-state index in [4.69, 9.17) is 9.47 Å². The van der Waals surface area contributed by atoms with Crippen LogP contribution in [0, 0.1) is 0 Å². The summed E-state index contributed by atoms with van der Waals surface area (Å²) in [6.07, 6.45) is 1.29. The Hall–Kier alpha value is -0.120. The molecule has 0 aromatic heterocycles. The van der Waals surface area contributed by atoms with Crippen LogP contribution >= 0.6 is 24.0 Å². The molecule has 1 heterocycles. The number of aliphatic imine (C=N–C) groups is 1. The van der Waals surface area contributed by atoms with Gasteiger partial charge in [-0.25, -0.2) is 0 Å². The van der Waals surface area contributed by atoms with E-state index in [0.29, 0.717) is 6.10 Å². The van der Waals surface area contributed by atoms with Gasteiger partial charge in [0.05, 0.1) is 19.3 Å². The second kappa shape index (κ2) is 13.5. The molecule has 21 heavy (non-hydrogen) atoms. The first-order chi connectivity index (χ1) is 9.72. The summed E-state index contributed by atoms with van der Waals surface area (Å²) in [6, 6.07) is 0. The van der Waals surface area contributed by atoms with Crippen molar-refractivity contribution in [3.8, 4) is 0 Å². The Balaban J connectivity index is 0.00000400. The van der Waals surface area contributed by atoms with Crippen molar-refractivity contribution in [2.45, 2.75) is 26.4 Å². The monoisotopic (exact) mass is 414 g/mol. The standard InChI is InChI=1S/C14H30N4O2.HI/c1-13(2)20-10-4-5-16-14(15-3)17-6-7-18-8-11-19-12-9-18;/h13H,4-12H2,1-3H3,(H2,15,16,17);1H. The minimum absolute atomic E-state index is 0. The Morgan fingerprint density at radius 3 is 2.52 bits per heavy atom. The van der Waals surface area contributed by atoms with E-state index in [9.17, 15) is 0 Å². The van der Waals surface area contributed by atoms with Gasteiger partial charge in [-0.2, -0.15) is 0 Å². The number of hydrogen-bond donors (Lipinski definition) is 2. The molecule has 0 atom stereocenters. The molecule has 0 aliphatic carbocycles. The smallest absolute Gasteiger partial charge is 0.191 e. The average Bonchev–Trinajstić information content (AvgIpc) is 2.46. The number of nitrogens with zero attached hydrogens (tertiary/aromatic N) is 2. The highest BCUT2D eigenvalue weighted by Crippen LogP contribution is 1.94. The average molecular weight is 414 g/mol. The fourth-order valence-electron chi connectivity index (χ4n) is 1.98. The molecule has 1 aliphatic rings. The summed E-state index contributed by atoms with van der Waals surface area (Å²) in [5.41, 5.74) is 0. The van der Waals surface area contributed by atoms with E-state index in [1.54, 1.807) is 7.05 Å². The fourth-order valence-corrected chi connectivity index (χ4v) is 1.98. The van der Waals surface area contributed by atoms with Crippen molar-refractivity contribution in [1.29, 1.82) is 0 Å². The highest BCUT2D eigenvalue weighted by molar-refractivity contribution is 14.0. The summed E-state index contributed by atoms with van der Waals surface area (Å²) in [4.78, 5) is 6.62. The first-order valence-electron chi connectivity index (χ1n) is 7.58. The Bertz CT molecular complexity index is 272. The van der Waals surface area contributed by atoms with Crippen LogP contribution in [0.3, 0.4) is 0 Å². The van der Waals surface area contributed by atoms with Crippen LogP contribution in [0.1, 0.15) is 20.3 Å². The van der Waals surface area contributed by atoms with Crippen LogP contribution in [0.2, 0.25) is 0 Å². The van der Waals surface area contributed by atoms with Gasteiger partial charge in [-0.3, -0.25) is 9.89 Å². The number of hydrogen-bond acceptors (Lipinski definition) is 4. The molecule has 1 saturated heterocycles. The second-order valence-electron chi connectivity index (χ2n) is 5.15. The van der Waals surface area contributed by atoms with Gasteiger partial charge >= 0.3 is 0 Å². The van der Waals surface area contributed by atoms with Crippen LogP contribution in [0.4, 0.5) is 0 Å². The molecule has 2 N–H and O–H groups in total. The van der Waals surface area contributed by atoms with Gasteiger partial charge in [0.25, 0.3) is 0 Å². The maximum absolute atomic E-state index is 5.50. The second-order valence-corrected chi connectivity index (χ2v) is 5.15. The first-order valence-corrected chi connectivity index (χ1v) is 7.58. The van der Waals surface area contributed by atoms with Gasteiger partial charge in [0.15, 0.2) is 5.96 Å². The summed E-state index contributed by atoms with van der Waals surface area (Å²) in [5.74, 6) is 0.864. The third-order valence-electron chi connectivity index (χ3n) is 3.11. The van der Waals surface area contributed by atoms with E-state index >= 15 is 0 Å².